The van der Waals surface area contributed by atoms with Gasteiger partial charge in [-0.1, -0.05) is 30.3 Å². The molecule has 0 aromatic heterocycles. The normalized spacial score (nSPS) is 10.2. The van der Waals surface area contributed by atoms with E-state index in [-0.39, 0.29) is 11.3 Å². The molecular weight excluding hydrogens is 246 g/mol. The molecule has 19 heavy (non-hydrogen) atoms. The summed E-state index contributed by atoms with van der Waals surface area (Å²) in [6.45, 7) is 1.64. The summed E-state index contributed by atoms with van der Waals surface area (Å²) in [7, 11) is 0. The molecular formula is C14H11NO4. The van der Waals surface area contributed by atoms with Crippen LogP contribution in [0.2, 0.25) is 0 Å². The third-order valence-electron chi connectivity index (χ3n) is 2.87. The van der Waals surface area contributed by atoms with Crippen molar-refractivity contribution in [3.05, 3.63) is 63.7 Å². The lowest BCUT2D eigenvalue weighted by Crippen LogP contribution is -1.99. The third-order valence-corrected chi connectivity index (χ3v) is 2.87. The van der Waals surface area contributed by atoms with Crippen LogP contribution in [0.15, 0.2) is 42.5 Å². The summed E-state index contributed by atoms with van der Waals surface area (Å²) >= 11 is 0. The van der Waals surface area contributed by atoms with Gasteiger partial charge >= 0.3 is 5.97 Å². The van der Waals surface area contributed by atoms with Crippen LogP contribution in [-0.4, -0.2) is 16.0 Å². The van der Waals surface area contributed by atoms with Crippen molar-refractivity contribution in [2.45, 2.75) is 6.92 Å². The van der Waals surface area contributed by atoms with Crippen LogP contribution in [0, 0.1) is 17.0 Å². The molecule has 0 bridgehead atoms. The van der Waals surface area contributed by atoms with Gasteiger partial charge in [-0.2, -0.15) is 0 Å². The van der Waals surface area contributed by atoms with Crippen LogP contribution in [-0.2, 0) is 0 Å². The molecule has 96 valence electrons. The predicted octanol–water partition coefficient (Wildman–Crippen LogP) is 3.27. The van der Waals surface area contributed by atoms with Crippen LogP contribution in [0.5, 0.6) is 0 Å². The number of hydrogen-bond donors (Lipinski definition) is 1. The monoisotopic (exact) mass is 257 g/mol. The topological polar surface area (TPSA) is 80.4 Å². The number of rotatable bonds is 3. The van der Waals surface area contributed by atoms with Crippen molar-refractivity contribution >= 4 is 11.7 Å². The number of carboxylic acid groups (broad SMARTS) is 1. The molecule has 5 nitrogen and oxygen atoms in total. The third kappa shape index (κ3) is 2.44. The number of hydrogen-bond acceptors (Lipinski definition) is 3. The Morgan fingerprint density at radius 3 is 2.53 bits per heavy atom. The van der Waals surface area contributed by atoms with Crippen molar-refractivity contribution in [3.8, 4) is 11.1 Å². The number of carbonyl (C=O) groups is 1. The first-order valence-electron chi connectivity index (χ1n) is 5.58. The predicted molar refractivity (Wildman–Crippen MR) is 70.2 cm³/mol. The molecule has 0 saturated heterocycles. The zero-order chi connectivity index (χ0) is 14.0. The Balaban J connectivity index is 2.63. The molecule has 0 radical (unpaired) electrons. The number of benzene rings is 2. The highest BCUT2D eigenvalue weighted by Gasteiger charge is 2.15. The smallest absolute Gasteiger partial charge is 0.336 e. The van der Waals surface area contributed by atoms with Crippen LogP contribution in [0.1, 0.15) is 15.9 Å². The Bertz CT molecular complexity index is 664. The minimum absolute atomic E-state index is 0.0160. The number of aryl methyl sites for hydroxylation is 1. The zero-order valence-electron chi connectivity index (χ0n) is 10.2. The highest BCUT2D eigenvalue weighted by atomic mass is 16.6. The second-order valence-electron chi connectivity index (χ2n) is 4.11. The minimum atomic E-state index is -1.06. The van der Waals surface area contributed by atoms with Crippen LogP contribution in [0.4, 0.5) is 5.69 Å². The lowest BCUT2D eigenvalue weighted by molar-refractivity contribution is -0.385. The van der Waals surface area contributed by atoms with E-state index >= 15 is 0 Å². The highest BCUT2D eigenvalue weighted by Crippen LogP contribution is 2.29. The van der Waals surface area contributed by atoms with Crippen molar-refractivity contribution in [1.29, 1.82) is 0 Å². The van der Waals surface area contributed by atoms with Gasteiger partial charge in [0, 0.05) is 11.6 Å². The summed E-state index contributed by atoms with van der Waals surface area (Å²) < 4.78 is 0. The Labute approximate surface area is 109 Å². The minimum Gasteiger partial charge on any atom is -0.478 e. The van der Waals surface area contributed by atoms with Crippen molar-refractivity contribution in [2.24, 2.45) is 0 Å². The van der Waals surface area contributed by atoms with Gasteiger partial charge in [-0.05, 0) is 24.1 Å². The van der Waals surface area contributed by atoms with Crippen molar-refractivity contribution in [2.75, 3.05) is 0 Å². The van der Waals surface area contributed by atoms with Crippen molar-refractivity contribution in [1.82, 2.24) is 0 Å². The summed E-state index contributed by atoms with van der Waals surface area (Å²) in [5.41, 5.74) is 1.65. The van der Waals surface area contributed by atoms with E-state index in [2.05, 4.69) is 0 Å². The van der Waals surface area contributed by atoms with Gasteiger partial charge in [-0.25, -0.2) is 4.79 Å². The van der Waals surface area contributed by atoms with Gasteiger partial charge in [0.25, 0.3) is 5.69 Å². The van der Waals surface area contributed by atoms with Crippen molar-refractivity contribution < 1.29 is 14.8 Å². The molecule has 0 fully saturated rings. The fourth-order valence-corrected chi connectivity index (χ4v) is 1.89. The average Bonchev–Trinajstić information content (AvgIpc) is 2.39. The number of nitro groups is 1. The molecule has 2 rings (SSSR count). The average molecular weight is 257 g/mol. The SMILES string of the molecule is Cc1ccc(-c2ccccc2C(=O)O)cc1[N+](=O)[O-]. The molecule has 1 N–H and O–H groups in total. The van der Waals surface area contributed by atoms with E-state index in [4.69, 9.17) is 5.11 Å². The van der Waals surface area contributed by atoms with Gasteiger partial charge in [-0.3, -0.25) is 10.1 Å². The lowest BCUT2D eigenvalue weighted by atomic mass is 9.98. The molecule has 0 saturated carbocycles. The van der Waals surface area contributed by atoms with Crippen molar-refractivity contribution in [3.63, 3.8) is 0 Å². The molecule has 5 heteroatoms. The summed E-state index contributed by atoms with van der Waals surface area (Å²) in [5, 5.41) is 20.0. The van der Waals surface area contributed by atoms with Gasteiger partial charge in [0.2, 0.25) is 0 Å². The van der Waals surface area contributed by atoms with E-state index < -0.39 is 10.9 Å². The van der Waals surface area contributed by atoms with E-state index in [9.17, 15) is 14.9 Å². The fraction of sp³-hybridized carbons (Fsp3) is 0.0714. The summed E-state index contributed by atoms with van der Waals surface area (Å²) in [6.07, 6.45) is 0. The maximum absolute atomic E-state index is 11.1. The zero-order valence-corrected chi connectivity index (χ0v) is 10.2. The summed E-state index contributed by atoms with van der Waals surface area (Å²) in [4.78, 5) is 21.6. The molecule has 0 aliphatic heterocycles. The van der Waals surface area contributed by atoms with E-state index in [1.54, 1.807) is 37.3 Å². The van der Waals surface area contributed by atoms with Gasteiger partial charge < -0.3 is 5.11 Å². The number of aromatic carboxylic acids is 1. The quantitative estimate of drug-likeness (QED) is 0.675. The second-order valence-corrected chi connectivity index (χ2v) is 4.11. The largest absolute Gasteiger partial charge is 0.478 e. The van der Waals surface area contributed by atoms with E-state index in [1.165, 1.54) is 12.1 Å². The molecule has 0 unspecified atom stereocenters. The van der Waals surface area contributed by atoms with Gasteiger partial charge in [0.1, 0.15) is 0 Å². The molecule has 0 heterocycles. The van der Waals surface area contributed by atoms with E-state index in [0.29, 0.717) is 16.7 Å². The van der Waals surface area contributed by atoms with E-state index in [0.717, 1.165) is 0 Å². The maximum Gasteiger partial charge on any atom is 0.336 e. The van der Waals surface area contributed by atoms with Crippen LogP contribution >= 0.6 is 0 Å². The van der Waals surface area contributed by atoms with E-state index in [1.807, 2.05) is 0 Å². The molecule has 0 aliphatic carbocycles. The number of nitro benzene ring substituents is 1. The Morgan fingerprint density at radius 2 is 1.89 bits per heavy atom. The molecule has 0 aliphatic rings. The fourth-order valence-electron chi connectivity index (χ4n) is 1.89. The molecule has 2 aromatic carbocycles. The van der Waals surface area contributed by atoms with Crippen LogP contribution < -0.4 is 0 Å². The molecule has 0 spiro atoms. The Morgan fingerprint density at radius 1 is 1.21 bits per heavy atom. The summed E-state index contributed by atoms with van der Waals surface area (Å²) in [5.74, 6) is -1.06. The first-order valence-corrected chi connectivity index (χ1v) is 5.58. The standard InChI is InChI=1S/C14H11NO4/c1-9-6-7-10(8-13(9)15(18)19)11-4-2-3-5-12(11)14(16)17/h2-8H,1H3,(H,16,17). The summed E-state index contributed by atoms with van der Waals surface area (Å²) in [6, 6.07) is 11.1. The van der Waals surface area contributed by atoms with Gasteiger partial charge in [0.15, 0.2) is 0 Å². The Kier molecular flexibility index (Phi) is 3.29. The van der Waals surface area contributed by atoms with Gasteiger partial charge in [-0.15, -0.1) is 0 Å². The number of nitrogens with zero attached hydrogens (tertiary/aromatic N) is 1. The van der Waals surface area contributed by atoms with Crippen LogP contribution in [0.25, 0.3) is 11.1 Å². The molecule has 0 amide bonds. The lowest BCUT2D eigenvalue weighted by Gasteiger charge is -2.07. The maximum atomic E-state index is 11.1. The van der Waals surface area contributed by atoms with Crippen LogP contribution in [0.3, 0.4) is 0 Å². The highest BCUT2D eigenvalue weighted by molar-refractivity contribution is 5.96. The first-order chi connectivity index (χ1) is 9.00. The first kappa shape index (κ1) is 12.8. The number of carboxylic acids is 1. The Hall–Kier alpha value is -2.69. The second kappa shape index (κ2) is 4.89. The molecule has 0 atom stereocenters. The van der Waals surface area contributed by atoms with Gasteiger partial charge in [0.05, 0.1) is 10.5 Å². The molecule has 2 aromatic rings.